The number of nitrogens with one attached hydrogen (secondary N) is 1. The minimum absolute atomic E-state index is 0.0730. The van der Waals surface area contributed by atoms with Crippen LogP contribution in [0.5, 0.6) is 0 Å². The number of halogens is 1. The van der Waals surface area contributed by atoms with Crippen molar-refractivity contribution in [2.45, 2.75) is 24.8 Å². The summed E-state index contributed by atoms with van der Waals surface area (Å²) in [4.78, 5) is 19.2. The SMILES string of the molecule is CN(C)C1CCN(c2ccc(NC(=O)N3CCC(c4ccc(F)cc4)C3)cc2)C1. The van der Waals surface area contributed by atoms with Crippen molar-refractivity contribution in [2.75, 3.05) is 50.5 Å². The number of likely N-dealkylation sites (tertiary alicyclic amines) is 1. The van der Waals surface area contributed by atoms with Gasteiger partial charge in [0.1, 0.15) is 5.82 Å². The number of nitrogens with zero attached hydrogens (tertiary/aromatic N) is 3. The minimum Gasteiger partial charge on any atom is -0.370 e. The maximum atomic E-state index is 13.1. The summed E-state index contributed by atoms with van der Waals surface area (Å²) < 4.78 is 13.1. The topological polar surface area (TPSA) is 38.8 Å². The number of rotatable bonds is 4. The van der Waals surface area contributed by atoms with Crippen molar-refractivity contribution >= 4 is 17.4 Å². The highest BCUT2D eigenvalue weighted by Gasteiger charge is 2.28. The third-order valence-corrected chi connectivity index (χ3v) is 6.19. The van der Waals surface area contributed by atoms with Gasteiger partial charge < -0.3 is 20.0 Å². The molecule has 2 atom stereocenters. The lowest BCUT2D eigenvalue weighted by molar-refractivity contribution is 0.222. The molecule has 0 bridgehead atoms. The number of likely N-dealkylation sites (N-methyl/N-ethyl adjacent to an activating group) is 1. The van der Waals surface area contributed by atoms with Crippen molar-refractivity contribution < 1.29 is 9.18 Å². The number of hydrogen-bond acceptors (Lipinski definition) is 3. The highest BCUT2D eigenvalue weighted by atomic mass is 19.1. The van der Waals surface area contributed by atoms with E-state index in [-0.39, 0.29) is 17.8 Å². The largest absolute Gasteiger partial charge is 0.370 e. The summed E-state index contributed by atoms with van der Waals surface area (Å²) >= 11 is 0. The molecule has 1 N–H and O–H groups in total. The Hall–Kier alpha value is -2.60. The summed E-state index contributed by atoms with van der Waals surface area (Å²) in [7, 11) is 4.26. The number of anilines is 2. The van der Waals surface area contributed by atoms with Gasteiger partial charge in [0.2, 0.25) is 0 Å². The molecule has 2 fully saturated rings. The molecule has 0 saturated carbocycles. The van der Waals surface area contributed by atoms with Gasteiger partial charge in [-0.25, -0.2) is 9.18 Å². The lowest BCUT2D eigenvalue weighted by atomic mass is 9.99. The maximum Gasteiger partial charge on any atom is 0.321 e. The Bertz CT molecular complexity index is 837. The quantitative estimate of drug-likeness (QED) is 0.849. The molecule has 29 heavy (non-hydrogen) atoms. The highest BCUT2D eigenvalue weighted by molar-refractivity contribution is 5.89. The van der Waals surface area contributed by atoms with Crippen molar-refractivity contribution in [1.29, 1.82) is 0 Å². The van der Waals surface area contributed by atoms with Crippen LogP contribution in [0.25, 0.3) is 0 Å². The normalized spacial score (nSPS) is 21.8. The molecule has 5 nitrogen and oxygen atoms in total. The lowest BCUT2D eigenvalue weighted by Crippen LogP contribution is -2.33. The Labute approximate surface area is 172 Å². The molecule has 0 radical (unpaired) electrons. The van der Waals surface area contributed by atoms with Crippen molar-refractivity contribution in [2.24, 2.45) is 0 Å². The molecule has 2 aromatic carbocycles. The molecule has 2 aromatic rings. The van der Waals surface area contributed by atoms with Gasteiger partial charge in [-0.2, -0.15) is 0 Å². The highest BCUT2D eigenvalue weighted by Crippen LogP contribution is 2.28. The summed E-state index contributed by atoms with van der Waals surface area (Å²) in [6, 6.07) is 15.3. The van der Waals surface area contributed by atoms with Gasteiger partial charge in [0.05, 0.1) is 0 Å². The number of benzene rings is 2. The van der Waals surface area contributed by atoms with Crippen LogP contribution in [0, 0.1) is 5.82 Å². The average molecular weight is 397 g/mol. The molecule has 0 aliphatic carbocycles. The van der Waals surface area contributed by atoms with Crippen molar-refractivity contribution in [3.63, 3.8) is 0 Å². The van der Waals surface area contributed by atoms with E-state index in [1.165, 1.54) is 24.2 Å². The second kappa shape index (κ2) is 8.41. The van der Waals surface area contributed by atoms with E-state index in [1.807, 2.05) is 29.2 Å². The second-order valence-corrected chi connectivity index (χ2v) is 8.31. The first-order valence-corrected chi connectivity index (χ1v) is 10.3. The molecule has 2 saturated heterocycles. The van der Waals surface area contributed by atoms with Gasteiger partial charge in [0.25, 0.3) is 0 Å². The zero-order valence-electron chi connectivity index (χ0n) is 17.1. The van der Waals surface area contributed by atoms with E-state index >= 15 is 0 Å². The van der Waals surface area contributed by atoms with Crippen molar-refractivity contribution in [3.8, 4) is 0 Å². The van der Waals surface area contributed by atoms with Crippen LogP contribution in [0.1, 0.15) is 24.3 Å². The Balaban J connectivity index is 1.31. The fourth-order valence-corrected chi connectivity index (χ4v) is 4.31. The average Bonchev–Trinajstić information content (AvgIpc) is 3.39. The molecule has 0 spiro atoms. The van der Waals surface area contributed by atoms with Crippen LogP contribution in [0.3, 0.4) is 0 Å². The Morgan fingerprint density at radius 1 is 1.00 bits per heavy atom. The molecule has 4 rings (SSSR count). The molecule has 2 heterocycles. The van der Waals surface area contributed by atoms with Crippen molar-refractivity contribution in [1.82, 2.24) is 9.80 Å². The first-order valence-electron chi connectivity index (χ1n) is 10.3. The maximum absolute atomic E-state index is 13.1. The molecule has 2 unspecified atom stereocenters. The van der Waals surface area contributed by atoms with Gasteiger partial charge in [-0.3, -0.25) is 0 Å². The lowest BCUT2D eigenvalue weighted by Gasteiger charge is -2.22. The van der Waals surface area contributed by atoms with E-state index in [2.05, 4.69) is 41.3 Å². The molecular formula is C23H29FN4O. The van der Waals surface area contributed by atoms with Gasteiger partial charge in [0, 0.05) is 49.5 Å². The summed E-state index contributed by atoms with van der Waals surface area (Å²) in [5.74, 6) is 0.0412. The van der Waals surface area contributed by atoms with Crippen LogP contribution in [0.4, 0.5) is 20.6 Å². The zero-order valence-corrected chi connectivity index (χ0v) is 17.1. The first-order chi connectivity index (χ1) is 14.0. The predicted octanol–water partition coefficient (Wildman–Crippen LogP) is 3.99. The molecular weight excluding hydrogens is 367 g/mol. The number of hydrogen-bond donors (Lipinski definition) is 1. The van der Waals surface area contributed by atoms with Gasteiger partial charge in [-0.1, -0.05) is 12.1 Å². The van der Waals surface area contributed by atoms with Gasteiger partial charge in [-0.05, 0) is 68.9 Å². The smallest absolute Gasteiger partial charge is 0.321 e. The summed E-state index contributed by atoms with van der Waals surface area (Å²) in [6.07, 6.45) is 2.08. The van der Waals surface area contributed by atoms with Gasteiger partial charge in [0.15, 0.2) is 0 Å². The van der Waals surface area contributed by atoms with Crippen LogP contribution in [0.2, 0.25) is 0 Å². The minimum atomic E-state index is -0.226. The Morgan fingerprint density at radius 2 is 1.72 bits per heavy atom. The summed E-state index contributed by atoms with van der Waals surface area (Å²) in [5.41, 5.74) is 3.10. The fraction of sp³-hybridized carbons (Fsp3) is 0.435. The van der Waals surface area contributed by atoms with Crippen LogP contribution in [-0.2, 0) is 0 Å². The second-order valence-electron chi connectivity index (χ2n) is 8.31. The van der Waals surface area contributed by atoms with Crippen LogP contribution in [-0.4, -0.2) is 62.1 Å². The van der Waals surface area contributed by atoms with Crippen LogP contribution >= 0.6 is 0 Å². The van der Waals surface area contributed by atoms with E-state index in [9.17, 15) is 9.18 Å². The Kier molecular flexibility index (Phi) is 5.72. The number of amides is 2. The zero-order chi connectivity index (χ0) is 20.4. The van der Waals surface area contributed by atoms with Crippen LogP contribution < -0.4 is 10.2 Å². The third-order valence-electron chi connectivity index (χ3n) is 6.19. The molecule has 154 valence electrons. The summed E-state index contributed by atoms with van der Waals surface area (Å²) in [5, 5.41) is 3.01. The molecule has 2 amide bonds. The van der Waals surface area contributed by atoms with E-state index < -0.39 is 0 Å². The molecule has 2 aliphatic heterocycles. The number of carbonyl (C=O) groups is 1. The van der Waals surface area contributed by atoms with Gasteiger partial charge in [-0.15, -0.1) is 0 Å². The van der Waals surface area contributed by atoms with E-state index in [1.54, 1.807) is 0 Å². The predicted molar refractivity (Wildman–Crippen MR) is 115 cm³/mol. The van der Waals surface area contributed by atoms with E-state index in [0.29, 0.717) is 19.1 Å². The molecule has 6 heteroatoms. The van der Waals surface area contributed by atoms with E-state index in [4.69, 9.17) is 0 Å². The third kappa shape index (κ3) is 4.53. The standard InChI is InChI=1S/C23H29FN4O/c1-26(2)22-12-14-27(16-22)21-9-7-20(8-10-21)25-23(29)28-13-11-18(15-28)17-3-5-19(24)6-4-17/h3-10,18,22H,11-16H2,1-2H3,(H,25,29). The number of urea groups is 1. The fourth-order valence-electron chi connectivity index (χ4n) is 4.31. The van der Waals surface area contributed by atoms with Gasteiger partial charge >= 0.3 is 6.03 Å². The van der Waals surface area contributed by atoms with Crippen molar-refractivity contribution in [3.05, 3.63) is 59.9 Å². The number of carbonyl (C=O) groups excluding carboxylic acids is 1. The molecule has 0 aromatic heterocycles. The first kappa shape index (κ1) is 19.7. The monoisotopic (exact) mass is 396 g/mol. The molecule has 2 aliphatic rings. The van der Waals surface area contributed by atoms with Crippen LogP contribution in [0.15, 0.2) is 48.5 Å². The Morgan fingerprint density at radius 3 is 2.38 bits per heavy atom. The summed E-state index contributed by atoms with van der Waals surface area (Å²) in [6.45, 7) is 3.48. The van der Waals surface area contributed by atoms with E-state index in [0.717, 1.165) is 30.8 Å².